The normalized spacial score (nSPS) is 10.8. The van der Waals surface area contributed by atoms with Crippen molar-refractivity contribution in [2.45, 2.75) is 12.8 Å². The number of ether oxygens (including phenoxy) is 1. The van der Waals surface area contributed by atoms with Crippen LogP contribution in [0.4, 0.5) is 0 Å². The van der Waals surface area contributed by atoms with Gasteiger partial charge in [0.05, 0.1) is 17.3 Å². The molecule has 0 aliphatic heterocycles. The highest BCUT2D eigenvalue weighted by molar-refractivity contribution is 7.21. The lowest BCUT2D eigenvalue weighted by Gasteiger charge is -2.01. The van der Waals surface area contributed by atoms with E-state index in [4.69, 9.17) is 10.5 Å². The Labute approximate surface area is 131 Å². The van der Waals surface area contributed by atoms with Crippen molar-refractivity contribution < 1.29 is 9.53 Å². The average molecular weight is 313 g/mol. The molecule has 0 saturated heterocycles. The lowest BCUT2D eigenvalue weighted by Crippen LogP contribution is -2.11. The van der Waals surface area contributed by atoms with Gasteiger partial charge >= 0.3 is 0 Å². The zero-order valence-electron chi connectivity index (χ0n) is 12.1. The molecule has 5 nitrogen and oxygen atoms in total. The van der Waals surface area contributed by atoms with E-state index in [1.165, 1.54) is 0 Å². The van der Waals surface area contributed by atoms with Crippen molar-refractivity contribution in [1.29, 1.82) is 0 Å². The molecule has 112 valence electrons. The minimum Gasteiger partial charge on any atom is -0.497 e. The number of aromatic nitrogens is 2. The molecule has 0 saturated carbocycles. The number of thiazole rings is 1. The Morgan fingerprint density at radius 2 is 2.18 bits per heavy atom. The second-order valence-corrected chi connectivity index (χ2v) is 5.93. The van der Waals surface area contributed by atoms with Crippen LogP contribution >= 0.6 is 11.3 Å². The Kier molecular flexibility index (Phi) is 4.02. The van der Waals surface area contributed by atoms with E-state index in [9.17, 15) is 4.79 Å². The van der Waals surface area contributed by atoms with E-state index < -0.39 is 0 Å². The third-order valence-corrected chi connectivity index (χ3v) is 4.38. The van der Waals surface area contributed by atoms with E-state index in [-0.39, 0.29) is 5.91 Å². The van der Waals surface area contributed by atoms with Gasteiger partial charge in [-0.05, 0) is 30.2 Å². The molecule has 1 aromatic carbocycles. The minimum absolute atomic E-state index is 0.308. The van der Waals surface area contributed by atoms with Crippen molar-refractivity contribution in [1.82, 2.24) is 9.97 Å². The van der Waals surface area contributed by atoms with Crippen LogP contribution in [0.25, 0.3) is 20.8 Å². The number of pyridine rings is 1. The molecule has 1 amide bonds. The van der Waals surface area contributed by atoms with Crippen LogP contribution in [0.3, 0.4) is 0 Å². The average Bonchev–Trinajstić information content (AvgIpc) is 2.96. The highest BCUT2D eigenvalue weighted by Gasteiger charge is 2.09. The van der Waals surface area contributed by atoms with Crippen molar-refractivity contribution in [3.8, 4) is 16.3 Å². The highest BCUT2D eigenvalue weighted by Crippen LogP contribution is 2.32. The van der Waals surface area contributed by atoms with Crippen LogP contribution in [-0.2, 0) is 11.2 Å². The number of primary amides is 1. The summed E-state index contributed by atoms with van der Waals surface area (Å²) in [5.41, 5.74) is 8.02. The number of aryl methyl sites for hydroxylation is 1. The third kappa shape index (κ3) is 3.07. The van der Waals surface area contributed by atoms with Crippen LogP contribution in [-0.4, -0.2) is 23.0 Å². The van der Waals surface area contributed by atoms with E-state index in [2.05, 4.69) is 9.97 Å². The maximum Gasteiger partial charge on any atom is 0.217 e. The van der Waals surface area contributed by atoms with E-state index in [0.29, 0.717) is 12.8 Å². The van der Waals surface area contributed by atoms with Gasteiger partial charge in [-0.25, -0.2) is 4.98 Å². The van der Waals surface area contributed by atoms with Crippen LogP contribution in [0, 0.1) is 0 Å². The number of nitrogens with two attached hydrogens (primary N) is 1. The fourth-order valence-electron chi connectivity index (χ4n) is 2.17. The van der Waals surface area contributed by atoms with Crippen LogP contribution in [0.1, 0.15) is 12.0 Å². The number of hydrogen-bond donors (Lipinski definition) is 1. The summed E-state index contributed by atoms with van der Waals surface area (Å²) in [5, 5.41) is 0.900. The monoisotopic (exact) mass is 313 g/mol. The number of fused-ring (bicyclic) bond motifs is 1. The smallest absolute Gasteiger partial charge is 0.217 e. The molecule has 0 radical (unpaired) electrons. The van der Waals surface area contributed by atoms with Crippen molar-refractivity contribution in [3.63, 3.8) is 0 Å². The fraction of sp³-hybridized carbons (Fsp3) is 0.188. The SMILES string of the molecule is COc1ccc2sc(-c3cncc(CCC(N)=O)c3)nc2c1. The standard InChI is InChI=1S/C16H15N3O2S/c1-21-12-3-4-14-13(7-12)19-16(22-14)11-6-10(8-18-9-11)2-5-15(17)20/h3-4,6-9H,2,5H2,1H3,(H2,17,20). The first-order chi connectivity index (χ1) is 10.7. The van der Waals surface area contributed by atoms with Gasteiger partial charge in [0.15, 0.2) is 0 Å². The maximum absolute atomic E-state index is 10.9. The molecular formula is C16H15N3O2S. The van der Waals surface area contributed by atoms with Gasteiger partial charge in [-0.15, -0.1) is 11.3 Å². The summed E-state index contributed by atoms with van der Waals surface area (Å²) in [6, 6.07) is 7.84. The molecule has 0 spiro atoms. The lowest BCUT2D eigenvalue weighted by atomic mass is 10.1. The van der Waals surface area contributed by atoms with Crippen molar-refractivity contribution in [2.75, 3.05) is 7.11 Å². The number of carbonyl (C=O) groups is 1. The van der Waals surface area contributed by atoms with E-state index >= 15 is 0 Å². The molecule has 0 aliphatic carbocycles. The third-order valence-electron chi connectivity index (χ3n) is 3.30. The number of methoxy groups -OCH3 is 1. The predicted molar refractivity (Wildman–Crippen MR) is 86.9 cm³/mol. The molecule has 0 aliphatic rings. The summed E-state index contributed by atoms with van der Waals surface area (Å²) in [7, 11) is 1.64. The second-order valence-electron chi connectivity index (χ2n) is 4.90. The Bertz CT molecular complexity index is 829. The van der Waals surface area contributed by atoms with Gasteiger partial charge < -0.3 is 10.5 Å². The molecule has 3 rings (SSSR count). The molecule has 3 aromatic rings. The van der Waals surface area contributed by atoms with E-state index in [1.807, 2.05) is 24.3 Å². The summed E-state index contributed by atoms with van der Waals surface area (Å²) in [6.45, 7) is 0. The Morgan fingerprint density at radius 3 is 2.95 bits per heavy atom. The molecule has 2 heterocycles. The Morgan fingerprint density at radius 1 is 1.32 bits per heavy atom. The fourth-order valence-corrected chi connectivity index (χ4v) is 3.09. The molecule has 0 fully saturated rings. The molecule has 0 atom stereocenters. The lowest BCUT2D eigenvalue weighted by molar-refractivity contribution is -0.117. The van der Waals surface area contributed by atoms with Crippen LogP contribution in [0.15, 0.2) is 36.7 Å². The summed E-state index contributed by atoms with van der Waals surface area (Å²) in [4.78, 5) is 19.8. The van der Waals surface area contributed by atoms with Gasteiger partial charge in [0.1, 0.15) is 10.8 Å². The van der Waals surface area contributed by atoms with Crippen molar-refractivity contribution in [3.05, 3.63) is 42.2 Å². The van der Waals surface area contributed by atoms with Gasteiger partial charge in [0.25, 0.3) is 0 Å². The quantitative estimate of drug-likeness (QED) is 0.785. The van der Waals surface area contributed by atoms with Gasteiger partial charge in [0, 0.05) is 30.4 Å². The van der Waals surface area contributed by atoms with Gasteiger partial charge in [-0.3, -0.25) is 9.78 Å². The van der Waals surface area contributed by atoms with Crippen molar-refractivity contribution in [2.24, 2.45) is 5.73 Å². The number of rotatable bonds is 5. The van der Waals surface area contributed by atoms with E-state index in [0.717, 1.165) is 32.1 Å². The minimum atomic E-state index is -0.308. The first-order valence-electron chi connectivity index (χ1n) is 6.83. The number of hydrogen-bond acceptors (Lipinski definition) is 5. The predicted octanol–water partition coefficient (Wildman–Crippen LogP) is 2.78. The summed E-state index contributed by atoms with van der Waals surface area (Å²) < 4.78 is 6.31. The zero-order chi connectivity index (χ0) is 15.5. The number of carbonyl (C=O) groups excluding carboxylic acids is 1. The molecule has 0 bridgehead atoms. The van der Waals surface area contributed by atoms with Gasteiger partial charge in [-0.1, -0.05) is 0 Å². The Balaban J connectivity index is 1.93. The first-order valence-corrected chi connectivity index (χ1v) is 7.64. The van der Waals surface area contributed by atoms with Gasteiger partial charge in [0.2, 0.25) is 5.91 Å². The second kappa shape index (κ2) is 6.11. The number of amides is 1. The van der Waals surface area contributed by atoms with Crippen molar-refractivity contribution >= 4 is 27.5 Å². The molecule has 0 unspecified atom stereocenters. The largest absolute Gasteiger partial charge is 0.497 e. The van der Waals surface area contributed by atoms with Crippen LogP contribution in [0.2, 0.25) is 0 Å². The maximum atomic E-state index is 10.9. The molecule has 2 aromatic heterocycles. The van der Waals surface area contributed by atoms with Gasteiger partial charge in [-0.2, -0.15) is 0 Å². The van der Waals surface area contributed by atoms with Crippen LogP contribution < -0.4 is 10.5 Å². The molecule has 22 heavy (non-hydrogen) atoms. The Hall–Kier alpha value is -2.47. The summed E-state index contributed by atoms with van der Waals surface area (Å²) in [5.74, 6) is 0.482. The topological polar surface area (TPSA) is 78.1 Å². The zero-order valence-corrected chi connectivity index (χ0v) is 12.9. The number of benzene rings is 1. The summed E-state index contributed by atoms with van der Waals surface area (Å²) in [6.07, 6.45) is 4.45. The number of nitrogens with zero attached hydrogens (tertiary/aromatic N) is 2. The summed E-state index contributed by atoms with van der Waals surface area (Å²) >= 11 is 1.60. The van der Waals surface area contributed by atoms with Crippen LogP contribution in [0.5, 0.6) is 5.75 Å². The van der Waals surface area contributed by atoms with E-state index in [1.54, 1.807) is 30.8 Å². The molecular weight excluding hydrogens is 298 g/mol. The molecule has 2 N–H and O–H groups in total. The highest BCUT2D eigenvalue weighted by atomic mass is 32.1. The first kappa shape index (κ1) is 14.5. The molecule has 6 heteroatoms.